The summed E-state index contributed by atoms with van der Waals surface area (Å²) in [5, 5.41) is 10.1. The number of phenols is 1. The first-order valence-electron chi connectivity index (χ1n) is 8.55. The van der Waals surface area contributed by atoms with E-state index in [1.165, 1.54) is 26.4 Å². The lowest BCUT2D eigenvalue weighted by Gasteiger charge is -2.08. The number of rotatable bonds is 8. The second-order valence-corrected chi connectivity index (χ2v) is 6.18. The van der Waals surface area contributed by atoms with Crippen molar-refractivity contribution in [2.75, 3.05) is 14.2 Å². The quantitative estimate of drug-likeness (QED) is 0.410. The Morgan fingerprint density at radius 2 is 1.78 bits per heavy atom. The minimum atomic E-state index is -0.212. The van der Waals surface area contributed by atoms with Gasteiger partial charge < -0.3 is 19.3 Å². The Kier molecular flexibility index (Phi) is 7.06. The van der Waals surface area contributed by atoms with Crippen LogP contribution in [0.5, 0.6) is 23.0 Å². The Hall–Kier alpha value is -3.21. The number of benzene rings is 2. The molecule has 5 nitrogen and oxygen atoms in total. The predicted molar refractivity (Wildman–Crippen MR) is 106 cm³/mol. The van der Waals surface area contributed by atoms with Crippen molar-refractivity contribution >= 4 is 11.9 Å². The van der Waals surface area contributed by atoms with E-state index in [9.17, 15) is 9.90 Å². The Morgan fingerprint density at radius 1 is 1.04 bits per heavy atom. The topological polar surface area (TPSA) is 65.0 Å². The summed E-state index contributed by atoms with van der Waals surface area (Å²) in [5.41, 5.74) is 0.978. The van der Waals surface area contributed by atoms with Gasteiger partial charge >= 0.3 is 0 Å². The summed E-state index contributed by atoms with van der Waals surface area (Å²) < 4.78 is 15.8. The van der Waals surface area contributed by atoms with Crippen LogP contribution in [0.3, 0.4) is 0 Å². The highest BCUT2D eigenvalue weighted by atomic mass is 16.5. The van der Waals surface area contributed by atoms with Crippen molar-refractivity contribution in [3.63, 3.8) is 0 Å². The van der Waals surface area contributed by atoms with Crippen molar-refractivity contribution < 1.29 is 24.1 Å². The Morgan fingerprint density at radius 3 is 2.41 bits per heavy atom. The molecule has 0 unspecified atom stereocenters. The molecule has 0 spiro atoms. The molecule has 2 rings (SSSR count). The fourth-order valence-corrected chi connectivity index (χ4v) is 2.26. The van der Waals surface area contributed by atoms with E-state index in [2.05, 4.69) is 0 Å². The SMILES string of the molecule is COc1ccc(C(=O)C=Cc2ccc(OC=CC(C)C)cc2O)cc1OC. The second kappa shape index (κ2) is 9.48. The van der Waals surface area contributed by atoms with Crippen LogP contribution in [0.25, 0.3) is 6.08 Å². The first-order chi connectivity index (χ1) is 12.9. The van der Waals surface area contributed by atoms with Gasteiger partial charge in [-0.05, 0) is 54.5 Å². The van der Waals surface area contributed by atoms with Gasteiger partial charge in [-0.25, -0.2) is 0 Å². The summed E-state index contributed by atoms with van der Waals surface area (Å²) >= 11 is 0. The fraction of sp³-hybridized carbons (Fsp3) is 0.227. The molecule has 5 heteroatoms. The maximum atomic E-state index is 12.4. The summed E-state index contributed by atoms with van der Waals surface area (Å²) in [7, 11) is 3.05. The molecule has 0 radical (unpaired) electrons. The third kappa shape index (κ3) is 5.64. The summed E-state index contributed by atoms with van der Waals surface area (Å²) in [6, 6.07) is 9.87. The number of hydrogen-bond donors (Lipinski definition) is 1. The lowest BCUT2D eigenvalue weighted by molar-refractivity contribution is 0.104. The average molecular weight is 368 g/mol. The van der Waals surface area contributed by atoms with Crippen LogP contribution in [-0.2, 0) is 0 Å². The Labute approximate surface area is 159 Å². The lowest BCUT2D eigenvalue weighted by atomic mass is 10.1. The van der Waals surface area contributed by atoms with Crippen LogP contribution >= 0.6 is 0 Å². The molecular formula is C22H24O5. The van der Waals surface area contributed by atoms with Gasteiger partial charge in [-0.1, -0.05) is 13.8 Å². The van der Waals surface area contributed by atoms with Gasteiger partial charge in [0.1, 0.15) is 11.5 Å². The smallest absolute Gasteiger partial charge is 0.185 e. The molecule has 2 aromatic carbocycles. The van der Waals surface area contributed by atoms with Gasteiger partial charge in [0.2, 0.25) is 0 Å². The zero-order chi connectivity index (χ0) is 19.8. The van der Waals surface area contributed by atoms with Crippen molar-refractivity contribution in [1.82, 2.24) is 0 Å². The molecule has 2 aromatic rings. The van der Waals surface area contributed by atoms with Crippen LogP contribution in [0.15, 0.2) is 54.8 Å². The molecule has 142 valence electrons. The summed E-state index contributed by atoms with van der Waals surface area (Å²) in [5.74, 6) is 1.75. The molecule has 0 aliphatic heterocycles. The number of methoxy groups -OCH3 is 2. The zero-order valence-electron chi connectivity index (χ0n) is 15.9. The summed E-state index contributed by atoms with van der Waals surface area (Å²) in [6.45, 7) is 4.08. The van der Waals surface area contributed by atoms with Crippen molar-refractivity contribution in [3.8, 4) is 23.0 Å². The van der Waals surface area contributed by atoms with Crippen LogP contribution in [0.2, 0.25) is 0 Å². The highest BCUT2D eigenvalue weighted by molar-refractivity contribution is 6.07. The van der Waals surface area contributed by atoms with Gasteiger partial charge in [0.15, 0.2) is 17.3 Å². The largest absolute Gasteiger partial charge is 0.507 e. The van der Waals surface area contributed by atoms with Gasteiger partial charge in [-0.3, -0.25) is 4.79 Å². The average Bonchev–Trinajstić information content (AvgIpc) is 2.66. The molecule has 0 aliphatic carbocycles. The normalized spacial score (nSPS) is 11.3. The highest BCUT2D eigenvalue weighted by Gasteiger charge is 2.09. The number of aromatic hydroxyl groups is 1. The summed E-state index contributed by atoms with van der Waals surface area (Å²) in [6.07, 6.45) is 6.46. The lowest BCUT2D eigenvalue weighted by Crippen LogP contribution is -1.97. The van der Waals surface area contributed by atoms with E-state index in [1.807, 2.05) is 19.9 Å². The van der Waals surface area contributed by atoms with Crippen molar-refractivity contribution in [2.45, 2.75) is 13.8 Å². The van der Waals surface area contributed by atoms with Crippen LogP contribution in [-0.4, -0.2) is 25.1 Å². The third-order valence-electron chi connectivity index (χ3n) is 3.75. The van der Waals surface area contributed by atoms with Crippen LogP contribution in [0.1, 0.15) is 29.8 Å². The summed E-state index contributed by atoms with van der Waals surface area (Å²) in [4.78, 5) is 12.4. The predicted octanol–water partition coefficient (Wildman–Crippen LogP) is 4.85. The van der Waals surface area contributed by atoms with Gasteiger partial charge in [-0.2, -0.15) is 0 Å². The van der Waals surface area contributed by atoms with E-state index in [0.717, 1.165) is 0 Å². The molecule has 27 heavy (non-hydrogen) atoms. The highest BCUT2D eigenvalue weighted by Crippen LogP contribution is 2.28. The van der Waals surface area contributed by atoms with E-state index in [0.29, 0.717) is 34.3 Å². The van der Waals surface area contributed by atoms with Crippen LogP contribution in [0, 0.1) is 5.92 Å². The van der Waals surface area contributed by atoms with Crippen molar-refractivity contribution in [1.29, 1.82) is 0 Å². The molecule has 0 fully saturated rings. The third-order valence-corrected chi connectivity index (χ3v) is 3.75. The van der Waals surface area contributed by atoms with Crippen LogP contribution < -0.4 is 14.2 Å². The number of ketones is 1. The van der Waals surface area contributed by atoms with E-state index < -0.39 is 0 Å². The molecule has 0 amide bonds. The van der Waals surface area contributed by atoms with Gasteiger partial charge in [0.25, 0.3) is 0 Å². The fourth-order valence-electron chi connectivity index (χ4n) is 2.26. The Bertz CT molecular complexity index is 850. The van der Waals surface area contributed by atoms with Crippen LogP contribution in [0.4, 0.5) is 0 Å². The van der Waals surface area contributed by atoms with E-state index in [-0.39, 0.29) is 11.5 Å². The minimum absolute atomic E-state index is 0.0295. The van der Waals surface area contributed by atoms with Gasteiger partial charge in [0, 0.05) is 17.2 Å². The standard InChI is InChI=1S/C22H24O5/c1-15(2)11-12-27-18-8-5-16(20(24)14-18)6-9-19(23)17-7-10-21(25-3)22(13-17)26-4/h5-15,24H,1-4H3. The number of phenolic OH excluding ortho intramolecular Hbond substituents is 1. The molecule has 0 heterocycles. The molecular weight excluding hydrogens is 344 g/mol. The minimum Gasteiger partial charge on any atom is -0.507 e. The number of allylic oxidation sites excluding steroid dienone is 2. The monoisotopic (exact) mass is 368 g/mol. The second-order valence-electron chi connectivity index (χ2n) is 6.18. The first-order valence-corrected chi connectivity index (χ1v) is 8.55. The zero-order valence-corrected chi connectivity index (χ0v) is 15.9. The molecule has 0 saturated heterocycles. The number of ether oxygens (including phenoxy) is 3. The molecule has 0 saturated carbocycles. The van der Waals surface area contributed by atoms with Gasteiger partial charge in [0.05, 0.1) is 20.5 Å². The first kappa shape index (κ1) is 20.1. The maximum absolute atomic E-state index is 12.4. The number of carbonyl (C=O) groups excluding carboxylic acids is 1. The molecule has 0 bridgehead atoms. The Balaban J connectivity index is 2.12. The molecule has 0 aliphatic rings. The molecule has 0 atom stereocenters. The van der Waals surface area contributed by atoms with E-state index >= 15 is 0 Å². The van der Waals surface area contributed by atoms with E-state index in [4.69, 9.17) is 14.2 Å². The van der Waals surface area contributed by atoms with Crippen molar-refractivity contribution in [2.24, 2.45) is 5.92 Å². The molecule has 1 N–H and O–H groups in total. The van der Waals surface area contributed by atoms with Gasteiger partial charge in [-0.15, -0.1) is 0 Å². The van der Waals surface area contributed by atoms with Crippen molar-refractivity contribution in [3.05, 3.63) is 65.9 Å². The number of hydrogen-bond acceptors (Lipinski definition) is 5. The molecule has 0 aromatic heterocycles. The van der Waals surface area contributed by atoms with E-state index in [1.54, 1.807) is 42.7 Å². The maximum Gasteiger partial charge on any atom is 0.185 e. The number of carbonyl (C=O) groups is 1.